The van der Waals surface area contributed by atoms with Gasteiger partial charge in [0.05, 0.1) is 0 Å². The van der Waals surface area contributed by atoms with E-state index in [9.17, 15) is 0 Å². The Morgan fingerprint density at radius 1 is 0.688 bits per heavy atom. The van der Waals surface area contributed by atoms with Crippen molar-refractivity contribution in [1.29, 1.82) is 0 Å². The summed E-state index contributed by atoms with van der Waals surface area (Å²) in [5.74, 6) is 0.491. The molecule has 1 unspecified atom stereocenters. The van der Waals surface area contributed by atoms with Crippen LogP contribution in [-0.2, 0) is 0 Å². The lowest BCUT2D eigenvalue weighted by Gasteiger charge is -2.27. The summed E-state index contributed by atoms with van der Waals surface area (Å²) in [4.78, 5) is 0. The molecule has 0 spiro atoms. The van der Waals surface area contributed by atoms with Gasteiger partial charge in [-0.25, -0.2) is 0 Å². The predicted molar refractivity (Wildman–Crippen MR) is 158 cm³/mol. The van der Waals surface area contributed by atoms with Gasteiger partial charge in [-0.1, -0.05) is 142 Å². The molecule has 2 heteroatoms. The lowest BCUT2D eigenvalue weighted by atomic mass is 9.81. The SMILES string of the molecule is C.C.C.C/C=C/CC.CCC(C)CO.CCC(CC)(CC)CO.CCCC.CCCCC. The van der Waals surface area contributed by atoms with Crippen LogP contribution in [0.1, 0.15) is 163 Å². The van der Waals surface area contributed by atoms with Gasteiger partial charge in [-0.15, -0.1) is 0 Å². The largest absolute Gasteiger partial charge is 0.396 e. The predicted octanol–water partition coefficient (Wildman–Crippen LogP) is 11.1. The van der Waals surface area contributed by atoms with Gasteiger partial charge in [0.2, 0.25) is 0 Å². The lowest BCUT2D eigenvalue weighted by molar-refractivity contribution is 0.111. The Labute approximate surface area is 209 Å². The first-order chi connectivity index (χ1) is 13.8. The van der Waals surface area contributed by atoms with Gasteiger partial charge in [0.15, 0.2) is 0 Å². The summed E-state index contributed by atoms with van der Waals surface area (Å²) in [6.07, 6.45) is 16.4. The molecular weight excluding hydrogens is 392 g/mol. The van der Waals surface area contributed by atoms with Gasteiger partial charge < -0.3 is 10.2 Å². The monoisotopic (exact) mass is 467 g/mol. The summed E-state index contributed by atoms with van der Waals surface area (Å²) in [5.41, 5.74) is 0.222. The standard InChI is InChI=1S/C8H18O.C5H12O.C5H12.C5H10.C4H10.3CH4/c1-4-8(5-2,6-3)7-9;1-3-5(2)4-6;2*1-3-5-4-2;1-3-4-2;;;/h9H,4-7H2,1-3H3;5-6H,3-4H2,1-2H3;3-5H2,1-2H3;3,5H,4H2,1-2H3;3-4H2,1-2H3;3*1H4/b;;;5-3+;;;;. The van der Waals surface area contributed by atoms with E-state index in [2.05, 4.69) is 74.5 Å². The zero-order valence-corrected chi connectivity index (χ0v) is 22.6. The molecule has 0 aliphatic heterocycles. The van der Waals surface area contributed by atoms with Gasteiger partial charge in [0.25, 0.3) is 0 Å². The average molecular weight is 467 g/mol. The average Bonchev–Trinajstić information content (AvgIpc) is 2.78. The van der Waals surface area contributed by atoms with Crippen LogP contribution in [0.3, 0.4) is 0 Å². The summed E-state index contributed by atoms with van der Waals surface area (Å²) in [6, 6.07) is 0. The minimum atomic E-state index is 0. The third kappa shape index (κ3) is 57.1. The van der Waals surface area contributed by atoms with Crippen LogP contribution in [0.2, 0.25) is 0 Å². The molecule has 0 aromatic heterocycles. The van der Waals surface area contributed by atoms with Crippen molar-refractivity contribution in [3.05, 3.63) is 12.2 Å². The van der Waals surface area contributed by atoms with Gasteiger partial charge in [0.1, 0.15) is 0 Å². The van der Waals surface area contributed by atoms with Crippen LogP contribution in [0, 0.1) is 11.3 Å². The summed E-state index contributed by atoms with van der Waals surface area (Å²) in [6.45, 7) is 24.1. The van der Waals surface area contributed by atoms with Crippen molar-refractivity contribution in [1.82, 2.24) is 0 Å². The number of unbranched alkanes of at least 4 members (excludes halogenated alkanes) is 3. The Bertz CT molecular complexity index is 220. The molecule has 0 fully saturated rings. The van der Waals surface area contributed by atoms with Gasteiger partial charge in [-0.3, -0.25) is 0 Å². The molecule has 1 atom stereocenters. The topological polar surface area (TPSA) is 40.5 Å². The van der Waals surface area contributed by atoms with E-state index in [1.54, 1.807) is 0 Å². The van der Waals surface area contributed by atoms with Crippen molar-refractivity contribution in [3.8, 4) is 0 Å². The zero-order chi connectivity index (χ0) is 24.0. The van der Waals surface area contributed by atoms with Gasteiger partial charge in [0, 0.05) is 13.2 Å². The smallest absolute Gasteiger partial charge is 0.0487 e. The summed E-state index contributed by atoms with van der Waals surface area (Å²) < 4.78 is 0. The van der Waals surface area contributed by atoms with Gasteiger partial charge >= 0.3 is 0 Å². The summed E-state index contributed by atoms with van der Waals surface area (Å²) >= 11 is 0. The first-order valence-electron chi connectivity index (χ1n) is 12.6. The Hall–Kier alpha value is -0.340. The molecule has 0 radical (unpaired) electrons. The molecule has 32 heavy (non-hydrogen) atoms. The first kappa shape index (κ1) is 53.2. The highest BCUT2D eigenvalue weighted by atomic mass is 16.3. The van der Waals surface area contributed by atoms with Crippen molar-refractivity contribution in [3.63, 3.8) is 0 Å². The van der Waals surface area contributed by atoms with Crippen LogP contribution in [0.25, 0.3) is 0 Å². The normalized spacial score (nSPS) is 9.91. The highest BCUT2D eigenvalue weighted by Gasteiger charge is 2.21. The Morgan fingerprint density at radius 3 is 1.06 bits per heavy atom. The van der Waals surface area contributed by atoms with Crippen molar-refractivity contribution in [2.24, 2.45) is 11.3 Å². The van der Waals surface area contributed by atoms with Crippen molar-refractivity contribution in [2.75, 3.05) is 13.2 Å². The highest BCUT2D eigenvalue weighted by Crippen LogP contribution is 2.28. The van der Waals surface area contributed by atoms with Crippen molar-refractivity contribution >= 4 is 0 Å². The Kier molecular flexibility index (Phi) is 87.3. The Balaban J connectivity index is -0.0000000377. The molecular formula is C30H74O2. The molecule has 0 aliphatic carbocycles. The molecule has 0 heterocycles. The first-order valence-corrected chi connectivity index (χ1v) is 12.6. The number of aliphatic hydroxyl groups is 2. The van der Waals surface area contributed by atoms with Crippen LogP contribution in [-0.4, -0.2) is 23.4 Å². The fraction of sp³-hybridized carbons (Fsp3) is 0.933. The second-order valence-corrected chi connectivity index (χ2v) is 7.75. The van der Waals surface area contributed by atoms with Gasteiger partial charge in [-0.05, 0) is 43.9 Å². The molecule has 2 nitrogen and oxygen atoms in total. The quantitative estimate of drug-likeness (QED) is 0.314. The maximum atomic E-state index is 8.98. The number of hydrogen-bond acceptors (Lipinski definition) is 2. The van der Waals surface area contributed by atoms with Crippen LogP contribution >= 0.6 is 0 Å². The maximum Gasteiger partial charge on any atom is 0.0487 e. The molecule has 0 amide bonds. The second kappa shape index (κ2) is 52.5. The fourth-order valence-electron chi connectivity index (χ4n) is 1.80. The molecule has 0 bridgehead atoms. The molecule has 2 N–H and O–H groups in total. The molecule has 0 saturated carbocycles. The molecule has 0 saturated heterocycles. The minimum Gasteiger partial charge on any atom is -0.396 e. The van der Waals surface area contributed by atoms with E-state index in [-0.39, 0.29) is 27.7 Å². The van der Waals surface area contributed by atoms with E-state index >= 15 is 0 Å². The van der Waals surface area contributed by atoms with E-state index in [4.69, 9.17) is 10.2 Å². The number of allylic oxidation sites excluding steroid dienone is 2. The minimum absolute atomic E-state index is 0. The van der Waals surface area contributed by atoms with E-state index in [0.717, 1.165) is 32.1 Å². The second-order valence-electron chi connectivity index (χ2n) is 7.75. The number of hydrogen-bond donors (Lipinski definition) is 2. The Morgan fingerprint density at radius 2 is 1.06 bits per heavy atom. The van der Waals surface area contributed by atoms with Crippen LogP contribution in [0.4, 0.5) is 0 Å². The van der Waals surface area contributed by atoms with Crippen LogP contribution in [0.5, 0.6) is 0 Å². The van der Waals surface area contributed by atoms with E-state index in [0.29, 0.717) is 19.1 Å². The molecule has 0 aliphatic rings. The maximum absolute atomic E-state index is 8.98. The molecule has 206 valence electrons. The van der Waals surface area contributed by atoms with Crippen LogP contribution < -0.4 is 0 Å². The highest BCUT2D eigenvalue weighted by molar-refractivity contribution is 4.73. The third-order valence-corrected chi connectivity index (χ3v) is 5.27. The van der Waals surface area contributed by atoms with E-state index < -0.39 is 0 Å². The molecule has 0 rings (SSSR count). The van der Waals surface area contributed by atoms with Crippen LogP contribution in [0.15, 0.2) is 12.2 Å². The summed E-state index contributed by atoms with van der Waals surface area (Å²) in [5, 5.41) is 17.3. The van der Waals surface area contributed by atoms with E-state index in [1.807, 2.05) is 13.8 Å². The third-order valence-electron chi connectivity index (χ3n) is 5.27. The van der Waals surface area contributed by atoms with Crippen molar-refractivity contribution in [2.45, 2.75) is 163 Å². The van der Waals surface area contributed by atoms with E-state index in [1.165, 1.54) is 32.1 Å². The van der Waals surface area contributed by atoms with Crippen molar-refractivity contribution < 1.29 is 10.2 Å². The summed E-state index contributed by atoms with van der Waals surface area (Å²) in [7, 11) is 0. The lowest BCUT2D eigenvalue weighted by Crippen LogP contribution is -2.22. The van der Waals surface area contributed by atoms with Gasteiger partial charge in [-0.2, -0.15) is 0 Å². The number of aliphatic hydroxyl groups excluding tert-OH is 2. The molecule has 0 aromatic rings. The zero-order valence-electron chi connectivity index (χ0n) is 22.6. The number of rotatable bonds is 10. The fourth-order valence-corrected chi connectivity index (χ4v) is 1.80. The molecule has 0 aromatic carbocycles.